The van der Waals surface area contributed by atoms with Gasteiger partial charge < -0.3 is 0 Å². The minimum absolute atomic E-state index is 0.514. The fourth-order valence-electron chi connectivity index (χ4n) is 11.9. The van der Waals surface area contributed by atoms with E-state index in [2.05, 4.69) is 285 Å². The smallest absolute Gasteiger partial charge is 0.160 e. The van der Waals surface area contributed by atoms with Crippen molar-refractivity contribution in [3.63, 3.8) is 0 Å². The standard InChI is InChI=1S/C73H48N2/c1-5-20-49(21-6-1)50-36-38-52(39-37-50)70-48-71(75-72(74-70)53-23-7-2-8-24-53)67-43-42-62(63-31-15-16-32-64(63)67)57-45-55(44-56(46-57)61-34-19-25-51-22-13-14-30-60(51)61)54-40-41-66-65-33-17-18-35-68(65)73(69(66)47-54,58-26-9-3-10-27-58)59-28-11-4-12-29-59/h1-48H. The van der Waals surface area contributed by atoms with Gasteiger partial charge in [-0.15, -0.1) is 0 Å². The highest BCUT2D eigenvalue weighted by atomic mass is 14.9. The van der Waals surface area contributed by atoms with Gasteiger partial charge in [0, 0.05) is 16.7 Å². The Hall–Kier alpha value is -9.76. The summed E-state index contributed by atoms with van der Waals surface area (Å²) in [6, 6.07) is 106. The van der Waals surface area contributed by atoms with Crippen molar-refractivity contribution in [3.05, 3.63) is 313 Å². The first-order chi connectivity index (χ1) is 37.2. The number of nitrogens with zero attached hydrogens (tertiary/aromatic N) is 2. The average Bonchev–Trinajstić information content (AvgIpc) is 3.81. The van der Waals surface area contributed by atoms with Crippen LogP contribution in [-0.4, -0.2) is 9.97 Å². The van der Waals surface area contributed by atoms with Crippen molar-refractivity contribution in [2.45, 2.75) is 5.41 Å². The van der Waals surface area contributed by atoms with Gasteiger partial charge in [0.1, 0.15) is 0 Å². The van der Waals surface area contributed by atoms with Crippen LogP contribution in [-0.2, 0) is 5.41 Å². The quantitative estimate of drug-likeness (QED) is 0.144. The molecular weight excluding hydrogens is 905 g/mol. The van der Waals surface area contributed by atoms with Crippen LogP contribution in [0.1, 0.15) is 22.3 Å². The lowest BCUT2D eigenvalue weighted by molar-refractivity contribution is 0.769. The summed E-state index contributed by atoms with van der Waals surface area (Å²) in [7, 11) is 0. The Balaban J connectivity index is 0.961. The third kappa shape index (κ3) is 7.58. The number of rotatable bonds is 9. The van der Waals surface area contributed by atoms with E-state index < -0.39 is 5.41 Å². The molecule has 0 bridgehead atoms. The number of hydrogen-bond acceptors (Lipinski definition) is 2. The Morgan fingerprint density at radius 1 is 0.227 bits per heavy atom. The molecule has 0 saturated carbocycles. The summed E-state index contributed by atoms with van der Waals surface area (Å²) in [4.78, 5) is 10.6. The summed E-state index contributed by atoms with van der Waals surface area (Å²) in [5.74, 6) is 0.691. The van der Waals surface area contributed by atoms with Crippen molar-refractivity contribution < 1.29 is 0 Å². The molecule has 0 atom stereocenters. The van der Waals surface area contributed by atoms with Gasteiger partial charge in [-0.3, -0.25) is 0 Å². The van der Waals surface area contributed by atoms with Gasteiger partial charge >= 0.3 is 0 Å². The van der Waals surface area contributed by atoms with Crippen LogP contribution < -0.4 is 0 Å². The van der Waals surface area contributed by atoms with Crippen molar-refractivity contribution in [1.82, 2.24) is 9.97 Å². The van der Waals surface area contributed by atoms with E-state index in [1.54, 1.807) is 0 Å². The monoisotopic (exact) mass is 952 g/mol. The van der Waals surface area contributed by atoms with E-state index in [9.17, 15) is 0 Å². The maximum atomic E-state index is 5.34. The lowest BCUT2D eigenvalue weighted by Crippen LogP contribution is -2.28. The molecule has 1 aliphatic rings. The second-order valence-corrected chi connectivity index (χ2v) is 19.6. The summed E-state index contributed by atoms with van der Waals surface area (Å²) in [5.41, 5.74) is 21.3. The molecule has 2 heteroatoms. The van der Waals surface area contributed by atoms with E-state index in [1.807, 2.05) is 6.07 Å². The first-order valence-electron chi connectivity index (χ1n) is 25.8. The minimum atomic E-state index is -0.514. The van der Waals surface area contributed by atoms with Gasteiger partial charge in [0.05, 0.1) is 16.8 Å². The number of hydrogen-bond donors (Lipinski definition) is 0. The zero-order valence-corrected chi connectivity index (χ0v) is 41.1. The summed E-state index contributed by atoms with van der Waals surface area (Å²) in [6.45, 7) is 0. The molecule has 1 aromatic heterocycles. The Morgan fingerprint density at radius 3 is 1.39 bits per heavy atom. The molecule has 13 aromatic rings. The fraction of sp³-hybridized carbons (Fsp3) is 0.0137. The SMILES string of the molecule is c1ccc(-c2ccc(-c3cc(-c4ccc(-c5cc(-c6ccc7c(c6)C(c6ccccc6)(c6ccccc6)c6ccccc6-7)cc(-c6cccc7ccccc67)c5)c5ccccc45)nc(-c4ccccc4)n3)cc2)cc1. The topological polar surface area (TPSA) is 25.8 Å². The molecule has 12 aromatic carbocycles. The number of aromatic nitrogens is 2. The molecule has 0 saturated heterocycles. The zero-order valence-electron chi connectivity index (χ0n) is 41.1. The zero-order chi connectivity index (χ0) is 49.7. The molecule has 0 unspecified atom stereocenters. The van der Waals surface area contributed by atoms with E-state index in [-0.39, 0.29) is 0 Å². The number of benzene rings is 12. The fourth-order valence-corrected chi connectivity index (χ4v) is 11.9. The Bertz CT molecular complexity index is 4210. The normalized spacial score (nSPS) is 12.4. The van der Waals surface area contributed by atoms with Crippen LogP contribution in [0.2, 0.25) is 0 Å². The molecule has 0 radical (unpaired) electrons. The van der Waals surface area contributed by atoms with Crippen molar-refractivity contribution >= 4 is 21.5 Å². The maximum Gasteiger partial charge on any atom is 0.160 e. The largest absolute Gasteiger partial charge is 0.228 e. The van der Waals surface area contributed by atoms with Gasteiger partial charge in [-0.05, 0) is 130 Å². The highest BCUT2D eigenvalue weighted by Crippen LogP contribution is 2.57. The van der Waals surface area contributed by atoms with Crippen LogP contribution in [0.3, 0.4) is 0 Å². The molecule has 1 aliphatic carbocycles. The van der Waals surface area contributed by atoms with Gasteiger partial charge in [0.15, 0.2) is 5.82 Å². The maximum absolute atomic E-state index is 5.34. The summed E-state index contributed by atoms with van der Waals surface area (Å²) in [5, 5.41) is 4.72. The van der Waals surface area contributed by atoms with E-state index >= 15 is 0 Å². The predicted molar refractivity (Wildman–Crippen MR) is 312 cm³/mol. The average molecular weight is 953 g/mol. The van der Waals surface area contributed by atoms with E-state index in [0.717, 1.165) is 55.5 Å². The highest BCUT2D eigenvalue weighted by Gasteiger charge is 2.46. The Morgan fingerprint density at radius 2 is 0.680 bits per heavy atom. The third-order valence-corrected chi connectivity index (χ3v) is 15.4. The van der Waals surface area contributed by atoms with E-state index in [0.29, 0.717) is 5.82 Å². The first kappa shape index (κ1) is 44.0. The van der Waals surface area contributed by atoms with Gasteiger partial charge in [0.2, 0.25) is 0 Å². The van der Waals surface area contributed by atoms with Crippen LogP contribution in [0.5, 0.6) is 0 Å². The molecule has 75 heavy (non-hydrogen) atoms. The van der Waals surface area contributed by atoms with Crippen LogP contribution >= 0.6 is 0 Å². The van der Waals surface area contributed by atoms with Crippen LogP contribution in [0, 0.1) is 0 Å². The first-order valence-corrected chi connectivity index (χ1v) is 25.8. The predicted octanol–water partition coefficient (Wildman–Crippen LogP) is 18.8. The molecule has 2 nitrogen and oxygen atoms in total. The molecule has 0 amide bonds. The van der Waals surface area contributed by atoms with Crippen LogP contribution in [0.15, 0.2) is 291 Å². The molecular formula is C73H48N2. The van der Waals surface area contributed by atoms with Gasteiger partial charge in [0.25, 0.3) is 0 Å². The van der Waals surface area contributed by atoms with Gasteiger partial charge in [-0.2, -0.15) is 0 Å². The molecule has 350 valence electrons. The van der Waals surface area contributed by atoms with Gasteiger partial charge in [-0.1, -0.05) is 261 Å². The lowest BCUT2D eigenvalue weighted by Gasteiger charge is -2.34. The molecule has 1 heterocycles. The van der Waals surface area contributed by atoms with Crippen molar-refractivity contribution in [1.29, 1.82) is 0 Å². The van der Waals surface area contributed by atoms with Gasteiger partial charge in [-0.25, -0.2) is 9.97 Å². The second-order valence-electron chi connectivity index (χ2n) is 19.6. The Labute approximate surface area is 437 Å². The van der Waals surface area contributed by atoms with E-state index in [4.69, 9.17) is 9.97 Å². The molecule has 0 fully saturated rings. The molecule has 0 aliphatic heterocycles. The van der Waals surface area contributed by atoms with Crippen molar-refractivity contribution in [3.8, 4) is 89.5 Å². The van der Waals surface area contributed by atoms with Crippen LogP contribution in [0.25, 0.3) is 111 Å². The summed E-state index contributed by atoms with van der Waals surface area (Å²) < 4.78 is 0. The Kier molecular flexibility index (Phi) is 10.8. The minimum Gasteiger partial charge on any atom is -0.228 e. The molecule has 14 rings (SSSR count). The van der Waals surface area contributed by atoms with Crippen molar-refractivity contribution in [2.75, 3.05) is 0 Å². The summed E-state index contributed by atoms with van der Waals surface area (Å²) >= 11 is 0. The molecule has 0 N–H and O–H groups in total. The lowest BCUT2D eigenvalue weighted by atomic mass is 9.67. The summed E-state index contributed by atoms with van der Waals surface area (Å²) in [6.07, 6.45) is 0. The number of fused-ring (bicyclic) bond motifs is 5. The van der Waals surface area contributed by atoms with Crippen molar-refractivity contribution in [2.24, 2.45) is 0 Å². The molecule has 0 spiro atoms. The third-order valence-electron chi connectivity index (χ3n) is 15.4. The second kappa shape index (κ2) is 18.4. The van der Waals surface area contributed by atoms with Crippen LogP contribution in [0.4, 0.5) is 0 Å². The highest BCUT2D eigenvalue weighted by molar-refractivity contribution is 6.06. The van der Waals surface area contributed by atoms with E-state index in [1.165, 1.54) is 72.0 Å².